The molecule has 0 saturated heterocycles. The molecule has 4 nitrogen and oxygen atoms in total. The molecule has 0 amide bonds. The number of esters is 1. The van der Waals surface area contributed by atoms with Gasteiger partial charge < -0.3 is 9.84 Å². The van der Waals surface area contributed by atoms with E-state index < -0.39 is 18.4 Å². The number of carbonyl (C=O) groups is 2. The van der Waals surface area contributed by atoms with E-state index in [9.17, 15) is 9.59 Å². The first-order chi connectivity index (χ1) is 9.52. The number of carboxylic acids is 1. The number of carboxylic acid groups (broad SMARTS) is 1. The molecule has 0 spiro atoms. The highest BCUT2D eigenvalue weighted by Crippen LogP contribution is 2.12. The van der Waals surface area contributed by atoms with Crippen molar-refractivity contribution in [1.29, 1.82) is 0 Å². The van der Waals surface area contributed by atoms with E-state index in [0.717, 1.165) is 18.8 Å². The van der Waals surface area contributed by atoms with Crippen LogP contribution in [0.3, 0.4) is 0 Å². The van der Waals surface area contributed by atoms with Gasteiger partial charge in [0, 0.05) is 0 Å². The number of ether oxygens (including phenoxy) is 1. The summed E-state index contributed by atoms with van der Waals surface area (Å²) in [5.41, 5.74) is 0. The smallest absolute Gasteiger partial charge is 0.317 e. The van der Waals surface area contributed by atoms with Crippen LogP contribution in [0.1, 0.15) is 78.1 Å². The maximum Gasteiger partial charge on any atom is 0.317 e. The second kappa shape index (κ2) is 12.9. The number of unbranched alkanes of at least 4 members (excludes halogenated alkanes) is 7. The van der Waals surface area contributed by atoms with E-state index >= 15 is 0 Å². The Balaban J connectivity index is 3.13. The third-order valence-corrected chi connectivity index (χ3v) is 3.23. The molecule has 0 rings (SSSR count). The normalized spacial score (nSPS) is 10.8. The molecular weight excluding hydrogens is 256 g/mol. The summed E-state index contributed by atoms with van der Waals surface area (Å²) in [5, 5.41) is 8.37. The van der Waals surface area contributed by atoms with E-state index in [4.69, 9.17) is 9.84 Å². The number of aliphatic carboxylic acids is 1. The highest BCUT2D eigenvalue weighted by atomic mass is 16.5. The average Bonchev–Trinajstić information content (AvgIpc) is 2.34. The molecule has 0 unspecified atom stereocenters. The molecule has 0 aliphatic heterocycles. The number of rotatable bonds is 13. The molecule has 0 radical (unpaired) electrons. The van der Waals surface area contributed by atoms with Crippen molar-refractivity contribution in [3.8, 4) is 0 Å². The molecule has 118 valence electrons. The van der Waals surface area contributed by atoms with Crippen LogP contribution in [0.2, 0.25) is 0 Å². The van der Waals surface area contributed by atoms with Crippen LogP contribution in [0.4, 0.5) is 0 Å². The Bertz CT molecular complexity index is 261. The van der Waals surface area contributed by atoms with E-state index in [-0.39, 0.29) is 0 Å². The van der Waals surface area contributed by atoms with Gasteiger partial charge in [0.25, 0.3) is 0 Å². The summed E-state index contributed by atoms with van der Waals surface area (Å²) < 4.78 is 4.82. The zero-order valence-corrected chi connectivity index (χ0v) is 13.0. The fourth-order valence-electron chi connectivity index (χ4n) is 2.08. The zero-order valence-electron chi connectivity index (χ0n) is 13.0. The topological polar surface area (TPSA) is 63.6 Å². The molecule has 0 bridgehead atoms. The third-order valence-electron chi connectivity index (χ3n) is 3.23. The van der Waals surface area contributed by atoms with Crippen molar-refractivity contribution in [2.75, 3.05) is 6.61 Å². The van der Waals surface area contributed by atoms with Crippen LogP contribution in [0, 0.1) is 5.92 Å². The zero-order chi connectivity index (χ0) is 15.2. The van der Waals surface area contributed by atoms with Gasteiger partial charge in [-0.15, -0.1) is 0 Å². The number of hydrogen-bond donors (Lipinski definition) is 1. The molecular formula is C16H30O4. The van der Waals surface area contributed by atoms with Gasteiger partial charge >= 0.3 is 11.9 Å². The summed E-state index contributed by atoms with van der Waals surface area (Å²) in [4.78, 5) is 21.2. The summed E-state index contributed by atoms with van der Waals surface area (Å²) >= 11 is 0. The number of hydrogen-bond acceptors (Lipinski definition) is 3. The van der Waals surface area contributed by atoms with Gasteiger partial charge in [0.05, 0.1) is 6.61 Å². The Hall–Kier alpha value is -1.06. The molecule has 0 saturated carbocycles. The Kier molecular flexibility index (Phi) is 12.3. The van der Waals surface area contributed by atoms with Gasteiger partial charge in [0.2, 0.25) is 0 Å². The first kappa shape index (κ1) is 18.9. The van der Waals surface area contributed by atoms with Crippen molar-refractivity contribution in [2.24, 2.45) is 5.92 Å². The highest BCUT2D eigenvalue weighted by Gasteiger charge is 2.07. The summed E-state index contributed by atoms with van der Waals surface area (Å²) in [6.07, 6.45) is 10.4. The Morgan fingerprint density at radius 2 is 1.40 bits per heavy atom. The second-order valence-corrected chi connectivity index (χ2v) is 5.80. The minimum Gasteiger partial charge on any atom is -0.481 e. The first-order valence-electron chi connectivity index (χ1n) is 7.89. The SMILES string of the molecule is CC(C)CCCCCCCCCCOC(=O)CC(=O)O. The van der Waals surface area contributed by atoms with Crippen molar-refractivity contribution in [1.82, 2.24) is 0 Å². The third kappa shape index (κ3) is 15.0. The monoisotopic (exact) mass is 286 g/mol. The van der Waals surface area contributed by atoms with Crippen molar-refractivity contribution in [3.63, 3.8) is 0 Å². The van der Waals surface area contributed by atoms with Crippen molar-refractivity contribution in [2.45, 2.75) is 78.1 Å². The highest BCUT2D eigenvalue weighted by molar-refractivity contribution is 5.90. The standard InChI is InChI=1S/C16H30O4/c1-14(2)11-9-7-5-3-4-6-8-10-12-20-16(19)13-15(17)18/h14H,3-13H2,1-2H3,(H,17,18). The van der Waals surface area contributed by atoms with Gasteiger partial charge in [0.1, 0.15) is 6.42 Å². The van der Waals surface area contributed by atoms with E-state index in [1.54, 1.807) is 0 Å². The lowest BCUT2D eigenvalue weighted by Crippen LogP contribution is -2.11. The van der Waals surface area contributed by atoms with Gasteiger partial charge in [-0.25, -0.2) is 0 Å². The fraction of sp³-hybridized carbons (Fsp3) is 0.875. The Morgan fingerprint density at radius 1 is 0.900 bits per heavy atom. The van der Waals surface area contributed by atoms with Crippen molar-refractivity contribution >= 4 is 11.9 Å². The minimum absolute atomic E-state index is 0.348. The molecule has 0 aliphatic rings. The molecule has 0 aromatic rings. The molecule has 0 heterocycles. The van der Waals surface area contributed by atoms with Gasteiger partial charge in [-0.3, -0.25) is 9.59 Å². The van der Waals surface area contributed by atoms with E-state index in [0.29, 0.717) is 6.61 Å². The molecule has 1 N–H and O–H groups in total. The maximum absolute atomic E-state index is 10.9. The average molecular weight is 286 g/mol. The van der Waals surface area contributed by atoms with Crippen LogP contribution in [-0.4, -0.2) is 23.7 Å². The summed E-state index contributed by atoms with van der Waals surface area (Å²) in [7, 11) is 0. The van der Waals surface area contributed by atoms with Gasteiger partial charge in [-0.05, 0) is 12.3 Å². The summed E-state index contributed by atoms with van der Waals surface area (Å²) in [6, 6.07) is 0. The number of carbonyl (C=O) groups excluding carboxylic acids is 1. The van der Waals surface area contributed by atoms with Crippen LogP contribution >= 0.6 is 0 Å². The first-order valence-corrected chi connectivity index (χ1v) is 7.89. The molecule has 0 aromatic heterocycles. The van der Waals surface area contributed by atoms with Crippen LogP contribution < -0.4 is 0 Å². The lowest BCUT2D eigenvalue weighted by Gasteiger charge is -2.05. The largest absolute Gasteiger partial charge is 0.481 e. The van der Waals surface area contributed by atoms with Gasteiger partial charge in [0.15, 0.2) is 0 Å². The van der Waals surface area contributed by atoms with Gasteiger partial charge in [-0.1, -0.05) is 65.2 Å². The van der Waals surface area contributed by atoms with Crippen LogP contribution in [-0.2, 0) is 14.3 Å². The van der Waals surface area contributed by atoms with E-state index in [2.05, 4.69) is 13.8 Å². The Morgan fingerprint density at radius 3 is 1.90 bits per heavy atom. The Labute approximate surface area is 122 Å². The maximum atomic E-state index is 10.9. The van der Waals surface area contributed by atoms with Crippen molar-refractivity contribution in [3.05, 3.63) is 0 Å². The predicted molar refractivity (Wildman–Crippen MR) is 79.6 cm³/mol. The van der Waals surface area contributed by atoms with Crippen molar-refractivity contribution < 1.29 is 19.4 Å². The summed E-state index contributed by atoms with van der Waals surface area (Å²) in [5.74, 6) is -0.950. The van der Waals surface area contributed by atoms with E-state index in [1.807, 2.05) is 0 Å². The predicted octanol–water partition coefficient (Wildman–Crippen LogP) is 4.17. The molecule has 0 aromatic carbocycles. The lowest BCUT2D eigenvalue weighted by molar-refractivity contribution is -0.151. The molecule has 0 aliphatic carbocycles. The molecule has 4 heteroatoms. The van der Waals surface area contributed by atoms with Gasteiger partial charge in [-0.2, -0.15) is 0 Å². The second-order valence-electron chi connectivity index (χ2n) is 5.80. The fourth-order valence-corrected chi connectivity index (χ4v) is 2.08. The minimum atomic E-state index is -1.13. The van der Waals surface area contributed by atoms with Crippen LogP contribution in [0.5, 0.6) is 0 Å². The lowest BCUT2D eigenvalue weighted by atomic mass is 10.0. The quantitative estimate of drug-likeness (QED) is 0.313. The van der Waals surface area contributed by atoms with Crippen LogP contribution in [0.25, 0.3) is 0 Å². The van der Waals surface area contributed by atoms with E-state index in [1.165, 1.54) is 44.9 Å². The molecule has 0 fully saturated rings. The molecule has 0 atom stereocenters. The summed E-state index contributed by atoms with van der Waals surface area (Å²) in [6.45, 7) is 4.88. The van der Waals surface area contributed by atoms with Crippen LogP contribution in [0.15, 0.2) is 0 Å². The molecule has 20 heavy (non-hydrogen) atoms.